The average molecular weight is 487 g/mol. The van der Waals surface area contributed by atoms with Crippen LogP contribution in [0.4, 0.5) is 10.6 Å². The number of piperidine rings is 1. The SMILES string of the molecule is CC(C)(C)OC(=O)NCC1CCN(c2ncnc3nc[nH]c23)CC1.Clc1ncnc2nc[nH]c12. The summed E-state index contributed by atoms with van der Waals surface area (Å²) in [7, 11) is 0. The van der Waals surface area contributed by atoms with E-state index in [1.165, 1.54) is 12.7 Å². The highest BCUT2D eigenvalue weighted by atomic mass is 35.5. The Kier molecular flexibility index (Phi) is 7.06. The van der Waals surface area contributed by atoms with Crippen LogP contribution in [0.25, 0.3) is 22.3 Å². The predicted octanol–water partition coefficient (Wildman–Crippen LogP) is 3.10. The Morgan fingerprint density at radius 3 is 2.29 bits per heavy atom. The van der Waals surface area contributed by atoms with Crippen molar-refractivity contribution in [1.82, 2.24) is 45.2 Å². The van der Waals surface area contributed by atoms with Crippen LogP contribution in [0.15, 0.2) is 25.3 Å². The fourth-order valence-corrected chi connectivity index (χ4v) is 3.80. The van der Waals surface area contributed by atoms with Crippen molar-refractivity contribution in [3.05, 3.63) is 30.5 Å². The van der Waals surface area contributed by atoms with Gasteiger partial charge in [-0.05, 0) is 39.5 Å². The van der Waals surface area contributed by atoms with Crippen LogP contribution in [0, 0.1) is 5.92 Å². The zero-order valence-corrected chi connectivity index (χ0v) is 20.0. The third-order valence-electron chi connectivity index (χ3n) is 5.23. The second kappa shape index (κ2) is 10.2. The molecule has 0 bridgehead atoms. The fraction of sp³-hybridized carbons (Fsp3) is 0.476. The molecule has 0 aliphatic carbocycles. The summed E-state index contributed by atoms with van der Waals surface area (Å²) in [6.45, 7) is 8.03. The number of nitrogens with zero attached hydrogens (tertiary/aromatic N) is 7. The summed E-state index contributed by atoms with van der Waals surface area (Å²) in [6, 6.07) is 0. The Bertz CT molecular complexity index is 1240. The van der Waals surface area contributed by atoms with Gasteiger partial charge in [0.05, 0.1) is 12.7 Å². The molecular weight excluding hydrogens is 460 g/mol. The molecular formula is C21H27ClN10O2. The number of alkyl carbamates (subject to hydrolysis) is 1. The van der Waals surface area contributed by atoms with Gasteiger partial charge in [-0.2, -0.15) is 0 Å². The van der Waals surface area contributed by atoms with E-state index >= 15 is 0 Å². The quantitative estimate of drug-likeness (QED) is 0.371. The number of amides is 1. The number of hydrogen-bond donors (Lipinski definition) is 3. The fourth-order valence-electron chi connectivity index (χ4n) is 3.62. The maximum atomic E-state index is 11.7. The van der Waals surface area contributed by atoms with Crippen LogP contribution in [0.2, 0.25) is 5.15 Å². The molecule has 0 unspecified atom stereocenters. The number of carbonyl (C=O) groups excluding carboxylic acids is 1. The van der Waals surface area contributed by atoms with Gasteiger partial charge in [0, 0.05) is 19.6 Å². The second-order valence-electron chi connectivity index (χ2n) is 8.88. The summed E-state index contributed by atoms with van der Waals surface area (Å²) in [5.41, 5.74) is 2.39. The Hall–Kier alpha value is -3.54. The Labute approximate surface area is 200 Å². The van der Waals surface area contributed by atoms with Crippen LogP contribution in [0.5, 0.6) is 0 Å². The van der Waals surface area contributed by atoms with Crippen LogP contribution in [0.1, 0.15) is 33.6 Å². The van der Waals surface area contributed by atoms with Crippen molar-refractivity contribution >= 4 is 45.8 Å². The van der Waals surface area contributed by atoms with Crippen molar-refractivity contribution in [3.8, 4) is 0 Å². The van der Waals surface area contributed by atoms with Crippen LogP contribution in [-0.2, 0) is 4.74 Å². The molecule has 0 saturated carbocycles. The third-order valence-corrected chi connectivity index (χ3v) is 5.51. The van der Waals surface area contributed by atoms with Gasteiger partial charge in [0.2, 0.25) is 0 Å². The van der Waals surface area contributed by atoms with Crippen LogP contribution < -0.4 is 10.2 Å². The molecule has 5 rings (SSSR count). The molecule has 1 aliphatic heterocycles. The van der Waals surface area contributed by atoms with Crippen LogP contribution in [-0.4, -0.2) is 71.2 Å². The minimum absolute atomic E-state index is 0.347. The molecule has 1 amide bonds. The number of hydrogen-bond acceptors (Lipinski definition) is 9. The number of fused-ring (bicyclic) bond motifs is 2. The van der Waals surface area contributed by atoms with Gasteiger partial charge in [0.15, 0.2) is 22.3 Å². The standard InChI is InChI=1S/C16H24N6O2.C5H3ClN4/c1-16(2,3)24-15(23)17-8-11-4-6-22(7-5-11)14-12-13(19-9-18-12)20-10-21-14;6-4-3-5(9-1-7-3)10-2-8-4/h9-11H,4-8H2,1-3H3,(H,17,23)(H,18,19,20,21);1-2H,(H,7,8,9,10). The van der Waals surface area contributed by atoms with Crippen molar-refractivity contribution < 1.29 is 9.53 Å². The van der Waals surface area contributed by atoms with E-state index in [0.29, 0.717) is 34.4 Å². The van der Waals surface area contributed by atoms with Crippen molar-refractivity contribution in [1.29, 1.82) is 0 Å². The number of ether oxygens (including phenoxy) is 1. The van der Waals surface area contributed by atoms with Gasteiger partial charge < -0.3 is 24.9 Å². The second-order valence-corrected chi connectivity index (χ2v) is 9.24. The lowest BCUT2D eigenvalue weighted by atomic mass is 9.97. The van der Waals surface area contributed by atoms with Gasteiger partial charge in [-0.15, -0.1) is 0 Å². The number of imidazole rings is 2. The molecule has 3 N–H and O–H groups in total. The first kappa shape index (κ1) is 23.6. The molecule has 1 saturated heterocycles. The van der Waals surface area contributed by atoms with Gasteiger partial charge >= 0.3 is 6.09 Å². The average Bonchev–Trinajstić information content (AvgIpc) is 3.47. The third kappa shape index (κ3) is 5.87. The molecule has 0 atom stereocenters. The molecule has 180 valence electrons. The van der Waals surface area contributed by atoms with E-state index in [1.54, 1.807) is 12.7 Å². The highest BCUT2D eigenvalue weighted by Gasteiger charge is 2.23. The monoisotopic (exact) mass is 486 g/mol. The summed E-state index contributed by atoms with van der Waals surface area (Å²) in [6.07, 6.45) is 7.75. The number of aromatic amines is 2. The van der Waals surface area contributed by atoms with Gasteiger partial charge in [0.1, 0.15) is 29.3 Å². The lowest BCUT2D eigenvalue weighted by Gasteiger charge is -2.33. The zero-order valence-electron chi connectivity index (χ0n) is 19.2. The molecule has 0 radical (unpaired) electrons. The Morgan fingerprint density at radius 2 is 1.65 bits per heavy atom. The lowest BCUT2D eigenvalue weighted by molar-refractivity contribution is 0.0517. The lowest BCUT2D eigenvalue weighted by Crippen LogP contribution is -2.40. The van der Waals surface area contributed by atoms with Gasteiger partial charge in [-0.3, -0.25) is 0 Å². The topological polar surface area (TPSA) is 150 Å². The van der Waals surface area contributed by atoms with E-state index in [0.717, 1.165) is 37.3 Å². The number of H-pyrrole nitrogens is 2. The molecule has 12 nitrogen and oxygen atoms in total. The van der Waals surface area contributed by atoms with E-state index in [2.05, 4.69) is 50.1 Å². The smallest absolute Gasteiger partial charge is 0.407 e. The largest absolute Gasteiger partial charge is 0.444 e. The van der Waals surface area contributed by atoms with E-state index in [9.17, 15) is 4.79 Å². The van der Waals surface area contributed by atoms with Crippen molar-refractivity contribution in [2.75, 3.05) is 24.5 Å². The molecule has 1 fully saturated rings. The number of rotatable bonds is 3. The summed E-state index contributed by atoms with van der Waals surface area (Å²) in [5, 5.41) is 3.27. The first-order valence-electron chi connectivity index (χ1n) is 11.0. The molecule has 1 aliphatic rings. The summed E-state index contributed by atoms with van der Waals surface area (Å²) in [4.78, 5) is 44.1. The molecule has 34 heavy (non-hydrogen) atoms. The molecule has 4 aromatic heterocycles. The zero-order chi connectivity index (χ0) is 24.1. The maximum absolute atomic E-state index is 11.7. The highest BCUT2D eigenvalue weighted by Crippen LogP contribution is 2.25. The summed E-state index contributed by atoms with van der Waals surface area (Å²) in [5.74, 6) is 1.35. The van der Waals surface area contributed by atoms with Gasteiger partial charge in [0.25, 0.3) is 0 Å². The maximum Gasteiger partial charge on any atom is 0.407 e. The number of aromatic nitrogens is 8. The first-order chi connectivity index (χ1) is 16.3. The van der Waals surface area contributed by atoms with E-state index in [-0.39, 0.29) is 6.09 Å². The number of nitrogens with one attached hydrogen (secondary N) is 3. The Balaban J connectivity index is 0.000000226. The molecule has 0 spiro atoms. The summed E-state index contributed by atoms with van der Waals surface area (Å²) < 4.78 is 5.27. The van der Waals surface area contributed by atoms with Crippen molar-refractivity contribution in [3.63, 3.8) is 0 Å². The molecule has 0 aromatic carbocycles. The molecule has 13 heteroatoms. The predicted molar refractivity (Wildman–Crippen MR) is 128 cm³/mol. The first-order valence-corrected chi connectivity index (χ1v) is 11.3. The van der Waals surface area contributed by atoms with Crippen LogP contribution >= 0.6 is 11.6 Å². The number of carbonyl (C=O) groups is 1. The Morgan fingerprint density at radius 1 is 1.03 bits per heavy atom. The van der Waals surface area contributed by atoms with Crippen LogP contribution in [0.3, 0.4) is 0 Å². The van der Waals surface area contributed by atoms with E-state index < -0.39 is 5.60 Å². The molecule has 5 heterocycles. The van der Waals surface area contributed by atoms with Gasteiger partial charge in [-0.25, -0.2) is 34.7 Å². The summed E-state index contributed by atoms with van der Waals surface area (Å²) >= 11 is 5.68. The number of anilines is 1. The van der Waals surface area contributed by atoms with Gasteiger partial charge in [-0.1, -0.05) is 11.6 Å². The molecule has 4 aromatic rings. The minimum atomic E-state index is -0.462. The van der Waals surface area contributed by atoms with E-state index in [1.807, 2.05) is 20.8 Å². The number of halogens is 1. The normalized spacial score (nSPS) is 14.6. The minimum Gasteiger partial charge on any atom is -0.444 e. The van der Waals surface area contributed by atoms with Crippen molar-refractivity contribution in [2.45, 2.75) is 39.2 Å². The highest BCUT2D eigenvalue weighted by molar-refractivity contribution is 6.33. The van der Waals surface area contributed by atoms with E-state index in [4.69, 9.17) is 16.3 Å². The van der Waals surface area contributed by atoms with Crippen molar-refractivity contribution in [2.24, 2.45) is 5.92 Å².